The lowest BCUT2D eigenvalue weighted by atomic mass is 10.0. The standard InChI is InChI=1S/C16H22N6O5/c17-15-12-16(20-6-19-15)22(7-21-12)13-9(23)4-8(14(13)27)5-18-10(24)2-1-3-11(25)26/h6-9,13-14,23,27H,1-5H2,(H,18,24)(H,25,26)(H2,17,19,20)/t8-,9-,13+,14+/m1/s1. The molecule has 0 aliphatic heterocycles. The normalized spacial score (nSPS) is 25.0. The molecule has 0 spiro atoms. The maximum atomic E-state index is 11.8. The van der Waals surface area contributed by atoms with Gasteiger partial charge in [-0.15, -0.1) is 0 Å². The minimum atomic E-state index is -0.947. The number of fused-ring (bicyclic) bond motifs is 1. The number of amides is 1. The van der Waals surface area contributed by atoms with Crippen molar-refractivity contribution < 1.29 is 24.9 Å². The molecule has 2 aromatic rings. The van der Waals surface area contributed by atoms with Gasteiger partial charge in [-0.25, -0.2) is 15.0 Å². The summed E-state index contributed by atoms with van der Waals surface area (Å²) in [6, 6.07) is -0.668. The first-order valence-electron chi connectivity index (χ1n) is 8.66. The van der Waals surface area contributed by atoms with E-state index in [4.69, 9.17) is 10.8 Å². The molecule has 0 unspecified atom stereocenters. The number of carbonyl (C=O) groups excluding carboxylic acids is 1. The molecule has 6 N–H and O–H groups in total. The van der Waals surface area contributed by atoms with Crippen LogP contribution in [0.15, 0.2) is 12.7 Å². The summed E-state index contributed by atoms with van der Waals surface area (Å²) in [5.41, 5.74) is 6.58. The molecule has 1 aliphatic carbocycles. The molecule has 11 nitrogen and oxygen atoms in total. The monoisotopic (exact) mass is 378 g/mol. The Labute approximate surface area is 154 Å². The number of nitrogen functional groups attached to an aromatic ring is 1. The number of aliphatic hydroxyl groups excluding tert-OH is 2. The number of aliphatic carboxylic acids is 1. The molecule has 1 aliphatic rings. The Morgan fingerprint density at radius 1 is 1.26 bits per heavy atom. The van der Waals surface area contributed by atoms with Crippen molar-refractivity contribution >= 4 is 28.9 Å². The van der Waals surface area contributed by atoms with Crippen LogP contribution in [0, 0.1) is 5.92 Å². The molecule has 2 aromatic heterocycles. The van der Waals surface area contributed by atoms with Crippen LogP contribution in [-0.4, -0.2) is 65.5 Å². The van der Waals surface area contributed by atoms with Gasteiger partial charge < -0.3 is 30.9 Å². The van der Waals surface area contributed by atoms with E-state index >= 15 is 0 Å². The average molecular weight is 378 g/mol. The van der Waals surface area contributed by atoms with E-state index in [1.807, 2.05) is 0 Å². The summed E-state index contributed by atoms with van der Waals surface area (Å²) >= 11 is 0. The molecule has 0 aromatic carbocycles. The molecule has 146 valence electrons. The quantitative estimate of drug-likeness (QED) is 0.407. The van der Waals surface area contributed by atoms with Gasteiger partial charge in [0.2, 0.25) is 5.91 Å². The minimum absolute atomic E-state index is 0.0705. The van der Waals surface area contributed by atoms with Crippen LogP contribution in [0.4, 0.5) is 5.82 Å². The van der Waals surface area contributed by atoms with E-state index in [9.17, 15) is 19.8 Å². The van der Waals surface area contributed by atoms with Gasteiger partial charge in [0, 0.05) is 25.3 Å². The van der Waals surface area contributed by atoms with Crippen LogP contribution in [0.3, 0.4) is 0 Å². The van der Waals surface area contributed by atoms with Gasteiger partial charge in [-0.2, -0.15) is 0 Å². The van der Waals surface area contributed by atoms with Gasteiger partial charge >= 0.3 is 5.97 Å². The Morgan fingerprint density at radius 3 is 2.78 bits per heavy atom. The number of carboxylic acid groups (broad SMARTS) is 1. The third-order valence-electron chi connectivity index (χ3n) is 4.84. The smallest absolute Gasteiger partial charge is 0.303 e. The molecule has 1 saturated carbocycles. The van der Waals surface area contributed by atoms with Crippen molar-refractivity contribution in [1.82, 2.24) is 24.8 Å². The zero-order chi connectivity index (χ0) is 19.6. The number of nitrogens with zero attached hydrogens (tertiary/aromatic N) is 4. The van der Waals surface area contributed by atoms with Crippen molar-refractivity contribution in [3.05, 3.63) is 12.7 Å². The molecule has 0 saturated heterocycles. The number of carboxylic acids is 1. The molecule has 27 heavy (non-hydrogen) atoms. The van der Waals surface area contributed by atoms with E-state index in [0.717, 1.165) is 0 Å². The summed E-state index contributed by atoms with van der Waals surface area (Å²) in [5, 5.41) is 32.4. The van der Waals surface area contributed by atoms with Crippen LogP contribution in [0.1, 0.15) is 31.7 Å². The summed E-state index contributed by atoms with van der Waals surface area (Å²) in [7, 11) is 0. The largest absolute Gasteiger partial charge is 0.481 e. The fourth-order valence-electron chi connectivity index (χ4n) is 3.47. The first-order valence-corrected chi connectivity index (χ1v) is 8.66. The Balaban J connectivity index is 1.64. The number of nitrogens with two attached hydrogens (primary N) is 1. The second kappa shape index (κ2) is 7.84. The molecule has 3 rings (SSSR count). The van der Waals surface area contributed by atoms with Gasteiger partial charge in [0.05, 0.1) is 24.6 Å². The van der Waals surface area contributed by atoms with E-state index < -0.39 is 24.2 Å². The van der Waals surface area contributed by atoms with Crippen LogP contribution in [0.2, 0.25) is 0 Å². The molecular weight excluding hydrogens is 356 g/mol. The fourth-order valence-corrected chi connectivity index (χ4v) is 3.47. The lowest BCUT2D eigenvalue weighted by Crippen LogP contribution is -2.35. The molecule has 0 radical (unpaired) electrons. The molecule has 2 heterocycles. The number of aliphatic hydroxyl groups is 2. The Hall–Kier alpha value is -2.79. The summed E-state index contributed by atoms with van der Waals surface area (Å²) < 4.78 is 1.58. The average Bonchev–Trinajstić information content (AvgIpc) is 3.14. The Kier molecular flexibility index (Phi) is 5.51. The van der Waals surface area contributed by atoms with Crippen LogP contribution in [0.25, 0.3) is 11.2 Å². The van der Waals surface area contributed by atoms with E-state index in [1.54, 1.807) is 4.57 Å². The first-order chi connectivity index (χ1) is 12.9. The SMILES string of the molecule is Nc1ncnc2c1ncn2[C@@H]1[C@@H](O)[C@@H](CNC(=O)CCCC(=O)O)C[C@H]1O. The fraction of sp³-hybridized carbons (Fsp3) is 0.562. The zero-order valence-corrected chi connectivity index (χ0v) is 14.5. The molecule has 11 heteroatoms. The van der Waals surface area contributed by atoms with Crippen molar-refractivity contribution in [2.75, 3.05) is 12.3 Å². The van der Waals surface area contributed by atoms with Crippen molar-refractivity contribution in [1.29, 1.82) is 0 Å². The summed E-state index contributed by atoms with van der Waals surface area (Å²) in [5.74, 6) is -1.37. The summed E-state index contributed by atoms with van der Waals surface area (Å²) in [4.78, 5) is 34.4. The third kappa shape index (κ3) is 3.98. The van der Waals surface area contributed by atoms with Crippen LogP contribution in [0.5, 0.6) is 0 Å². The van der Waals surface area contributed by atoms with Crippen LogP contribution >= 0.6 is 0 Å². The second-order valence-electron chi connectivity index (χ2n) is 6.68. The second-order valence-corrected chi connectivity index (χ2v) is 6.68. The number of hydrogen-bond acceptors (Lipinski definition) is 8. The van der Waals surface area contributed by atoms with Gasteiger partial charge in [0.1, 0.15) is 11.8 Å². The number of aromatic nitrogens is 4. The van der Waals surface area contributed by atoms with E-state index in [1.165, 1.54) is 12.7 Å². The zero-order valence-electron chi connectivity index (χ0n) is 14.5. The highest BCUT2D eigenvalue weighted by atomic mass is 16.4. The molecule has 4 atom stereocenters. The Bertz CT molecular complexity index is 840. The van der Waals surface area contributed by atoms with Gasteiger partial charge in [-0.1, -0.05) is 0 Å². The first kappa shape index (κ1) is 19.0. The topological polar surface area (TPSA) is 176 Å². The number of nitrogens with one attached hydrogen (secondary N) is 1. The highest BCUT2D eigenvalue weighted by Gasteiger charge is 2.43. The van der Waals surface area contributed by atoms with E-state index in [-0.39, 0.29) is 43.5 Å². The van der Waals surface area contributed by atoms with E-state index in [0.29, 0.717) is 17.6 Å². The van der Waals surface area contributed by atoms with Crippen molar-refractivity contribution in [3.8, 4) is 0 Å². The number of carbonyl (C=O) groups is 2. The van der Waals surface area contributed by atoms with Gasteiger partial charge in [0.15, 0.2) is 11.5 Å². The van der Waals surface area contributed by atoms with Gasteiger partial charge in [0.25, 0.3) is 0 Å². The minimum Gasteiger partial charge on any atom is -0.481 e. The predicted molar refractivity (Wildman–Crippen MR) is 93.4 cm³/mol. The highest BCUT2D eigenvalue weighted by molar-refractivity contribution is 5.81. The molecule has 1 amide bonds. The van der Waals surface area contributed by atoms with E-state index in [2.05, 4.69) is 20.3 Å². The van der Waals surface area contributed by atoms with Crippen LogP contribution < -0.4 is 11.1 Å². The predicted octanol–water partition coefficient (Wildman–Crippen LogP) is -0.938. The maximum absolute atomic E-state index is 11.8. The number of rotatable bonds is 7. The van der Waals surface area contributed by atoms with Crippen LogP contribution in [-0.2, 0) is 9.59 Å². The molecular formula is C16H22N6O5. The number of hydrogen-bond donors (Lipinski definition) is 5. The van der Waals surface area contributed by atoms with Crippen molar-refractivity contribution in [2.24, 2.45) is 5.92 Å². The summed E-state index contributed by atoms with van der Waals surface area (Å²) in [6.45, 7) is 0.185. The van der Waals surface area contributed by atoms with Gasteiger partial charge in [-0.3, -0.25) is 9.59 Å². The molecule has 0 bridgehead atoms. The van der Waals surface area contributed by atoms with Gasteiger partial charge in [-0.05, 0) is 12.8 Å². The Morgan fingerprint density at radius 2 is 2.04 bits per heavy atom. The highest BCUT2D eigenvalue weighted by Crippen LogP contribution is 2.36. The lowest BCUT2D eigenvalue weighted by molar-refractivity contribution is -0.137. The maximum Gasteiger partial charge on any atom is 0.303 e. The van der Waals surface area contributed by atoms with Crippen molar-refractivity contribution in [3.63, 3.8) is 0 Å². The van der Waals surface area contributed by atoms with Crippen molar-refractivity contribution in [2.45, 2.75) is 43.9 Å². The lowest BCUT2D eigenvalue weighted by Gasteiger charge is -2.22. The third-order valence-corrected chi connectivity index (χ3v) is 4.84. The number of imidazole rings is 1. The summed E-state index contributed by atoms with van der Waals surface area (Å²) in [6.07, 6.45) is 1.56. The molecule has 1 fully saturated rings. The number of anilines is 1.